The molecule has 7 heteroatoms. The largest absolute Gasteiger partial charge is 0.495 e. The van der Waals surface area contributed by atoms with Crippen LogP contribution in [0.4, 0.5) is 5.69 Å². The van der Waals surface area contributed by atoms with Crippen LogP contribution in [0.15, 0.2) is 24.4 Å². The van der Waals surface area contributed by atoms with Crippen molar-refractivity contribution in [1.82, 2.24) is 9.78 Å². The maximum atomic E-state index is 10.9. The lowest BCUT2D eigenvalue weighted by Crippen LogP contribution is -2.05. The average molecular weight is 272 g/mol. The van der Waals surface area contributed by atoms with Gasteiger partial charge in [0, 0.05) is 6.20 Å². The Bertz CT molecular complexity index is 700. The molecule has 0 radical (unpaired) electrons. The van der Waals surface area contributed by atoms with Gasteiger partial charge < -0.3 is 15.6 Å². The molecule has 1 aromatic carbocycles. The van der Waals surface area contributed by atoms with Crippen LogP contribution in [0, 0.1) is 11.3 Å². The van der Waals surface area contributed by atoms with Gasteiger partial charge in [0.1, 0.15) is 11.8 Å². The number of aromatic nitrogens is 2. The smallest absolute Gasteiger partial charge is 0.358 e. The predicted molar refractivity (Wildman–Crippen MR) is 70.4 cm³/mol. The van der Waals surface area contributed by atoms with Gasteiger partial charge in [0.05, 0.1) is 24.9 Å². The number of nitriles is 1. The van der Waals surface area contributed by atoms with Crippen molar-refractivity contribution in [2.24, 2.45) is 0 Å². The maximum Gasteiger partial charge on any atom is 0.358 e. The number of anilines is 1. The molecule has 0 saturated heterocycles. The van der Waals surface area contributed by atoms with Crippen molar-refractivity contribution >= 4 is 11.7 Å². The summed E-state index contributed by atoms with van der Waals surface area (Å²) in [4.78, 5) is 10.9. The molecule has 0 saturated carbocycles. The fraction of sp³-hybridized carbons (Fsp3) is 0.154. The molecule has 7 nitrogen and oxygen atoms in total. The van der Waals surface area contributed by atoms with Crippen molar-refractivity contribution in [3.05, 3.63) is 41.2 Å². The lowest BCUT2D eigenvalue weighted by molar-refractivity contribution is 0.0690. The van der Waals surface area contributed by atoms with E-state index in [-0.39, 0.29) is 11.4 Å². The number of aromatic carboxylic acids is 1. The number of benzene rings is 1. The van der Waals surface area contributed by atoms with E-state index in [0.717, 1.165) is 5.56 Å². The second-order valence-electron chi connectivity index (χ2n) is 4.08. The molecule has 0 aliphatic heterocycles. The van der Waals surface area contributed by atoms with Crippen molar-refractivity contribution in [1.29, 1.82) is 5.26 Å². The molecule has 20 heavy (non-hydrogen) atoms. The SMILES string of the molecule is COc1ccc(Cn2cc(N)c(C(=O)O)n2)cc1C#N. The molecular formula is C13H12N4O3. The van der Waals surface area contributed by atoms with E-state index in [9.17, 15) is 4.79 Å². The topological polar surface area (TPSA) is 114 Å². The summed E-state index contributed by atoms with van der Waals surface area (Å²) in [7, 11) is 1.49. The Labute approximate surface area is 114 Å². The molecule has 3 N–H and O–H groups in total. The van der Waals surface area contributed by atoms with E-state index in [1.54, 1.807) is 18.2 Å². The van der Waals surface area contributed by atoms with Gasteiger partial charge in [-0.2, -0.15) is 10.4 Å². The second kappa shape index (κ2) is 5.32. The minimum atomic E-state index is -1.17. The molecule has 1 heterocycles. The van der Waals surface area contributed by atoms with E-state index in [0.29, 0.717) is 17.9 Å². The maximum absolute atomic E-state index is 10.9. The summed E-state index contributed by atoms with van der Waals surface area (Å²) in [6.07, 6.45) is 1.44. The number of hydrogen-bond acceptors (Lipinski definition) is 5. The van der Waals surface area contributed by atoms with Gasteiger partial charge in [-0.15, -0.1) is 0 Å². The lowest BCUT2D eigenvalue weighted by atomic mass is 10.1. The van der Waals surface area contributed by atoms with Gasteiger partial charge >= 0.3 is 5.97 Å². The molecule has 0 aliphatic rings. The van der Waals surface area contributed by atoms with E-state index < -0.39 is 5.97 Å². The molecular weight excluding hydrogens is 260 g/mol. The number of ether oxygens (including phenoxy) is 1. The van der Waals surface area contributed by atoms with Crippen molar-refractivity contribution in [2.45, 2.75) is 6.54 Å². The summed E-state index contributed by atoms with van der Waals surface area (Å²) in [6, 6.07) is 7.15. The van der Waals surface area contributed by atoms with Crippen LogP contribution in [0.3, 0.4) is 0 Å². The molecule has 0 spiro atoms. The van der Waals surface area contributed by atoms with Crippen molar-refractivity contribution in [2.75, 3.05) is 12.8 Å². The Morgan fingerprint density at radius 2 is 2.35 bits per heavy atom. The van der Waals surface area contributed by atoms with Gasteiger partial charge in [-0.3, -0.25) is 4.68 Å². The minimum absolute atomic E-state index is 0.103. The normalized spacial score (nSPS) is 10.0. The molecule has 0 aliphatic carbocycles. The Morgan fingerprint density at radius 1 is 1.60 bits per heavy atom. The van der Waals surface area contributed by atoms with Gasteiger partial charge in [0.15, 0.2) is 5.69 Å². The van der Waals surface area contributed by atoms with E-state index >= 15 is 0 Å². The van der Waals surface area contributed by atoms with Crippen LogP contribution in [0.25, 0.3) is 0 Å². The third-order valence-corrected chi connectivity index (χ3v) is 2.72. The first-order valence-electron chi connectivity index (χ1n) is 5.68. The molecule has 0 bridgehead atoms. The van der Waals surface area contributed by atoms with Crippen molar-refractivity contribution in [3.63, 3.8) is 0 Å². The first-order chi connectivity index (χ1) is 9.55. The van der Waals surface area contributed by atoms with E-state index in [2.05, 4.69) is 5.10 Å². The first-order valence-corrected chi connectivity index (χ1v) is 5.68. The first kappa shape index (κ1) is 13.4. The van der Waals surface area contributed by atoms with Crippen molar-refractivity contribution in [3.8, 4) is 11.8 Å². The molecule has 0 fully saturated rings. The summed E-state index contributed by atoms with van der Waals surface area (Å²) in [5.74, 6) is -0.684. The molecule has 0 atom stereocenters. The summed E-state index contributed by atoms with van der Waals surface area (Å²) in [5, 5.41) is 21.8. The third kappa shape index (κ3) is 2.54. The minimum Gasteiger partial charge on any atom is -0.495 e. The van der Waals surface area contributed by atoms with Gasteiger partial charge in [0.25, 0.3) is 0 Å². The number of carboxylic acids is 1. The Hall–Kier alpha value is -3.01. The van der Waals surface area contributed by atoms with Crippen LogP contribution in [-0.4, -0.2) is 28.0 Å². The molecule has 1 aromatic heterocycles. The van der Waals surface area contributed by atoms with Gasteiger partial charge in [-0.05, 0) is 17.7 Å². The van der Waals surface area contributed by atoms with E-state index in [1.807, 2.05) is 6.07 Å². The number of nitrogens with two attached hydrogens (primary N) is 1. The predicted octanol–water partition coefficient (Wildman–Crippen LogP) is 1.09. The zero-order valence-electron chi connectivity index (χ0n) is 10.7. The average Bonchev–Trinajstić information content (AvgIpc) is 2.79. The molecule has 102 valence electrons. The van der Waals surface area contributed by atoms with E-state index in [1.165, 1.54) is 18.0 Å². The zero-order valence-corrected chi connectivity index (χ0v) is 10.7. The number of hydrogen-bond donors (Lipinski definition) is 2. The van der Waals surface area contributed by atoms with Crippen LogP contribution < -0.4 is 10.5 Å². The quantitative estimate of drug-likeness (QED) is 0.861. The fourth-order valence-electron chi connectivity index (χ4n) is 1.81. The highest BCUT2D eigenvalue weighted by molar-refractivity contribution is 5.91. The molecule has 0 unspecified atom stereocenters. The molecule has 2 rings (SSSR count). The molecule has 0 amide bonds. The zero-order chi connectivity index (χ0) is 14.7. The Balaban J connectivity index is 2.29. The fourth-order valence-corrected chi connectivity index (χ4v) is 1.81. The standard InChI is InChI=1S/C13H12N4O3/c1-20-11-3-2-8(4-9(11)5-14)6-17-7-10(15)12(16-17)13(18)19/h2-4,7H,6,15H2,1H3,(H,18,19). The number of methoxy groups -OCH3 is 1. The third-order valence-electron chi connectivity index (χ3n) is 2.72. The number of carboxylic acid groups (broad SMARTS) is 1. The highest BCUT2D eigenvalue weighted by atomic mass is 16.5. The van der Waals surface area contributed by atoms with Gasteiger partial charge in [0.2, 0.25) is 0 Å². The Kier molecular flexibility index (Phi) is 3.57. The summed E-state index contributed by atoms with van der Waals surface area (Å²) in [6.45, 7) is 0.316. The number of nitrogens with zero attached hydrogens (tertiary/aromatic N) is 3. The number of nitrogen functional groups attached to an aromatic ring is 1. The van der Waals surface area contributed by atoms with E-state index in [4.69, 9.17) is 20.8 Å². The van der Waals surface area contributed by atoms with Crippen molar-refractivity contribution < 1.29 is 14.6 Å². The van der Waals surface area contributed by atoms with Crippen LogP contribution in [0.1, 0.15) is 21.6 Å². The summed E-state index contributed by atoms with van der Waals surface area (Å²) < 4.78 is 6.47. The lowest BCUT2D eigenvalue weighted by Gasteiger charge is -2.06. The Morgan fingerprint density at radius 3 is 2.90 bits per heavy atom. The highest BCUT2D eigenvalue weighted by Gasteiger charge is 2.13. The molecule has 2 aromatic rings. The highest BCUT2D eigenvalue weighted by Crippen LogP contribution is 2.19. The monoisotopic (exact) mass is 272 g/mol. The van der Waals surface area contributed by atoms with Gasteiger partial charge in [-0.25, -0.2) is 4.79 Å². The van der Waals surface area contributed by atoms with Crippen LogP contribution in [0.2, 0.25) is 0 Å². The second-order valence-corrected chi connectivity index (χ2v) is 4.08. The van der Waals surface area contributed by atoms with Crippen LogP contribution in [0.5, 0.6) is 5.75 Å². The summed E-state index contributed by atoms with van der Waals surface area (Å²) in [5.41, 5.74) is 6.68. The number of carbonyl (C=O) groups is 1. The van der Waals surface area contributed by atoms with Crippen LogP contribution in [-0.2, 0) is 6.54 Å². The van der Waals surface area contributed by atoms with Gasteiger partial charge in [-0.1, -0.05) is 6.07 Å². The number of rotatable bonds is 4. The summed E-state index contributed by atoms with van der Waals surface area (Å²) >= 11 is 0. The van der Waals surface area contributed by atoms with Crippen LogP contribution >= 0.6 is 0 Å².